The van der Waals surface area contributed by atoms with Crippen LogP contribution in [0.1, 0.15) is 36.0 Å². The first-order chi connectivity index (χ1) is 17.7. The molecule has 194 valence electrons. The summed E-state index contributed by atoms with van der Waals surface area (Å²) < 4.78 is 49.0. The highest BCUT2D eigenvalue weighted by molar-refractivity contribution is 6.00. The van der Waals surface area contributed by atoms with Crippen molar-refractivity contribution in [2.75, 3.05) is 20.2 Å². The molecule has 2 fully saturated rings. The van der Waals surface area contributed by atoms with Gasteiger partial charge in [-0.25, -0.2) is 15.0 Å². The van der Waals surface area contributed by atoms with Crippen molar-refractivity contribution < 1.29 is 22.7 Å². The van der Waals surface area contributed by atoms with Gasteiger partial charge in [-0.2, -0.15) is 13.2 Å². The molecule has 8 nitrogen and oxygen atoms in total. The molecule has 6 rings (SSSR count). The highest BCUT2D eigenvalue weighted by atomic mass is 19.4. The average molecular weight is 513 g/mol. The maximum atomic E-state index is 13.5. The number of aromatic nitrogens is 5. The van der Waals surface area contributed by atoms with E-state index in [1.54, 1.807) is 29.8 Å². The van der Waals surface area contributed by atoms with Gasteiger partial charge < -0.3 is 18.8 Å². The summed E-state index contributed by atoms with van der Waals surface area (Å²) in [6, 6.07) is 5.02. The first kappa shape index (κ1) is 23.7. The second-order valence-corrected chi connectivity index (χ2v) is 10.1. The summed E-state index contributed by atoms with van der Waals surface area (Å²) in [6.07, 6.45) is 2.91. The molecule has 1 aromatic carbocycles. The number of likely N-dealkylation sites (tertiary alicyclic amines) is 1. The fraction of sp³-hybridized carbons (Fsp3) is 0.462. The molecule has 1 saturated carbocycles. The number of aryl methyl sites for hydroxylation is 1. The van der Waals surface area contributed by atoms with E-state index in [2.05, 4.69) is 9.97 Å². The number of ether oxygens (including phenoxy) is 1. The molecular weight excluding hydrogens is 485 g/mol. The van der Waals surface area contributed by atoms with Crippen LogP contribution in [0.4, 0.5) is 13.2 Å². The molecule has 2 aliphatic rings. The van der Waals surface area contributed by atoms with Crippen molar-refractivity contribution in [3.63, 3.8) is 0 Å². The van der Waals surface area contributed by atoms with Crippen molar-refractivity contribution in [1.29, 1.82) is 0 Å². The van der Waals surface area contributed by atoms with E-state index >= 15 is 0 Å². The van der Waals surface area contributed by atoms with Crippen LogP contribution in [0.3, 0.4) is 0 Å². The van der Waals surface area contributed by atoms with Crippen LogP contribution >= 0.6 is 0 Å². The minimum Gasteiger partial charge on any atom is -0.494 e. The third kappa shape index (κ3) is 4.10. The lowest BCUT2D eigenvalue weighted by molar-refractivity contribution is -0.139. The van der Waals surface area contributed by atoms with Crippen molar-refractivity contribution in [3.05, 3.63) is 36.3 Å². The van der Waals surface area contributed by atoms with E-state index in [1.165, 1.54) is 32.5 Å². The quantitative estimate of drug-likeness (QED) is 0.392. The lowest BCUT2D eigenvalue weighted by Gasteiger charge is -2.35. The second-order valence-electron chi connectivity index (χ2n) is 10.1. The summed E-state index contributed by atoms with van der Waals surface area (Å²) in [5.41, 5.74) is 1.97. The minimum absolute atomic E-state index is 0.0702. The molecule has 1 aliphatic heterocycles. The van der Waals surface area contributed by atoms with Crippen molar-refractivity contribution in [2.45, 2.75) is 38.4 Å². The van der Waals surface area contributed by atoms with E-state index in [0.29, 0.717) is 45.4 Å². The third-order valence-corrected chi connectivity index (χ3v) is 7.85. The molecule has 11 heteroatoms. The molecule has 0 unspecified atom stereocenters. The predicted octanol–water partition coefficient (Wildman–Crippen LogP) is 4.82. The SMILES string of the molecule is COc1cc(C(=O)N2CC[C@H]3CCC[C@H]3C2)cc2nc(-c3cc4cncnc4n3CC(F)(F)F)n(C)c12. The number of halogens is 3. The number of rotatable bonds is 4. The maximum absolute atomic E-state index is 13.5. The van der Waals surface area contributed by atoms with Crippen LogP contribution in [0.15, 0.2) is 30.7 Å². The Labute approximate surface area is 211 Å². The number of nitrogens with zero attached hydrogens (tertiary/aromatic N) is 6. The van der Waals surface area contributed by atoms with Crippen LogP contribution in [-0.2, 0) is 13.6 Å². The lowest BCUT2D eigenvalue weighted by atomic mass is 9.88. The van der Waals surface area contributed by atoms with Crippen LogP contribution in [0, 0.1) is 11.8 Å². The van der Waals surface area contributed by atoms with E-state index in [1.807, 2.05) is 4.90 Å². The van der Waals surface area contributed by atoms with Crippen LogP contribution in [-0.4, -0.2) is 61.3 Å². The normalized spacial score (nSPS) is 20.1. The molecule has 3 aromatic heterocycles. The Morgan fingerprint density at radius 1 is 1.16 bits per heavy atom. The van der Waals surface area contributed by atoms with Gasteiger partial charge in [0.15, 0.2) is 5.82 Å². The number of amides is 1. The van der Waals surface area contributed by atoms with Gasteiger partial charge in [-0.05, 0) is 42.9 Å². The van der Waals surface area contributed by atoms with E-state index in [4.69, 9.17) is 9.72 Å². The Hall–Kier alpha value is -3.63. The second kappa shape index (κ2) is 8.74. The average Bonchev–Trinajstić information content (AvgIpc) is 3.57. The van der Waals surface area contributed by atoms with E-state index in [9.17, 15) is 18.0 Å². The Morgan fingerprint density at radius 2 is 1.97 bits per heavy atom. The summed E-state index contributed by atoms with van der Waals surface area (Å²) in [7, 11) is 3.23. The van der Waals surface area contributed by atoms with Crippen LogP contribution in [0.2, 0.25) is 0 Å². The molecule has 0 N–H and O–H groups in total. The summed E-state index contributed by atoms with van der Waals surface area (Å²) in [5, 5.41) is 0.479. The molecule has 1 saturated heterocycles. The highest BCUT2D eigenvalue weighted by Crippen LogP contribution is 2.39. The first-order valence-corrected chi connectivity index (χ1v) is 12.4. The topological polar surface area (TPSA) is 78.1 Å². The number of alkyl halides is 3. The summed E-state index contributed by atoms with van der Waals surface area (Å²) in [4.78, 5) is 28.1. The zero-order chi connectivity index (χ0) is 25.9. The van der Waals surface area contributed by atoms with Gasteiger partial charge in [-0.3, -0.25) is 4.79 Å². The number of fused-ring (bicyclic) bond motifs is 3. The Bertz CT molecular complexity index is 1510. The predicted molar refractivity (Wildman–Crippen MR) is 131 cm³/mol. The van der Waals surface area contributed by atoms with Gasteiger partial charge in [0, 0.05) is 37.3 Å². The number of hydrogen-bond acceptors (Lipinski definition) is 5. The van der Waals surface area contributed by atoms with Crippen molar-refractivity contribution in [3.8, 4) is 17.3 Å². The zero-order valence-electron chi connectivity index (χ0n) is 20.6. The number of imidazole rings is 1. The number of carbonyl (C=O) groups excluding carboxylic acids is 1. The Balaban J connectivity index is 1.44. The van der Waals surface area contributed by atoms with Gasteiger partial charge in [0.05, 0.1) is 18.3 Å². The van der Waals surface area contributed by atoms with Gasteiger partial charge in [0.2, 0.25) is 0 Å². The van der Waals surface area contributed by atoms with E-state index in [0.717, 1.165) is 30.5 Å². The number of benzene rings is 1. The smallest absolute Gasteiger partial charge is 0.406 e. The van der Waals surface area contributed by atoms with Crippen LogP contribution in [0.5, 0.6) is 5.75 Å². The molecule has 37 heavy (non-hydrogen) atoms. The van der Waals surface area contributed by atoms with E-state index in [-0.39, 0.29) is 17.2 Å². The molecule has 1 aliphatic carbocycles. The Morgan fingerprint density at radius 3 is 2.76 bits per heavy atom. The molecule has 2 atom stereocenters. The molecule has 0 spiro atoms. The van der Waals surface area contributed by atoms with Crippen molar-refractivity contribution in [1.82, 2.24) is 29.0 Å². The van der Waals surface area contributed by atoms with Crippen molar-refractivity contribution in [2.24, 2.45) is 18.9 Å². The lowest BCUT2D eigenvalue weighted by Crippen LogP contribution is -2.42. The molecular formula is C26H27F3N6O2. The standard InChI is InChI=1S/C26H27F3N6O2/c1-33-22-19(32-24(33)20-9-18-11-30-14-31-23(18)35(20)13-26(27,28)29)8-17(10-21(22)37-2)25(36)34-7-6-15-4-3-5-16(15)12-34/h8-11,14-16H,3-7,12-13H2,1-2H3/t15-,16+/m1/s1. The van der Waals surface area contributed by atoms with Gasteiger partial charge in [-0.1, -0.05) is 12.8 Å². The molecule has 1 amide bonds. The molecule has 0 radical (unpaired) electrons. The van der Waals surface area contributed by atoms with Gasteiger partial charge >= 0.3 is 6.18 Å². The first-order valence-electron chi connectivity index (χ1n) is 12.4. The van der Waals surface area contributed by atoms with Gasteiger partial charge in [0.1, 0.15) is 29.8 Å². The number of piperidine rings is 1. The molecule has 4 aromatic rings. The summed E-state index contributed by atoms with van der Waals surface area (Å²) >= 11 is 0. The zero-order valence-corrected chi connectivity index (χ0v) is 20.6. The Kier molecular flexibility index (Phi) is 5.61. The number of carbonyl (C=O) groups is 1. The fourth-order valence-electron chi connectivity index (χ4n) is 6.14. The molecule has 4 heterocycles. The third-order valence-electron chi connectivity index (χ3n) is 7.85. The largest absolute Gasteiger partial charge is 0.494 e. The maximum Gasteiger partial charge on any atom is 0.406 e. The fourth-order valence-corrected chi connectivity index (χ4v) is 6.14. The van der Waals surface area contributed by atoms with Gasteiger partial charge in [0.25, 0.3) is 5.91 Å². The van der Waals surface area contributed by atoms with E-state index < -0.39 is 12.7 Å². The minimum atomic E-state index is -4.46. The summed E-state index contributed by atoms with van der Waals surface area (Å²) in [5.74, 6) is 1.96. The van der Waals surface area contributed by atoms with Gasteiger partial charge in [-0.15, -0.1) is 0 Å². The number of hydrogen-bond donors (Lipinski definition) is 0. The summed E-state index contributed by atoms with van der Waals surface area (Å²) in [6.45, 7) is 0.270. The van der Waals surface area contributed by atoms with Crippen LogP contribution < -0.4 is 4.74 Å². The van der Waals surface area contributed by atoms with Crippen molar-refractivity contribution >= 4 is 28.0 Å². The molecule has 0 bridgehead atoms. The highest BCUT2D eigenvalue weighted by Gasteiger charge is 2.35. The number of methoxy groups -OCH3 is 1. The monoisotopic (exact) mass is 512 g/mol. The van der Waals surface area contributed by atoms with Crippen LogP contribution in [0.25, 0.3) is 33.6 Å².